The topological polar surface area (TPSA) is 58.7 Å². The number of aliphatic imine (C=N–C) groups is 1. The van der Waals surface area contributed by atoms with E-state index in [1.807, 2.05) is 0 Å². The van der Waals surface area contributed by atoms with Crippen LogP contribution in [0.5, 0.6) is 0 Å². The molecule has 0 heterocycles. The minimum absolute atomic E-state index is 0.443. The third-order valence-electron chi connectivity index (χ3n) is 1.21. The summed E-state index contributed by atoms with van der Waals surface area (Å²) < 4.78 is 0. The van der Waals surface area contributed by atoms with Crippen molar-refractivity contribution in [2.75, 3.05) is 14.1 Å². The van der Waals surface area contributed by atoms with E-state index in [2.05, 4.69) is 4.99 Å². The number of hydrogen-bond donors (Lipinski definition) is 1. The molecule has 0 unspecified atom stereocenters. The molecule has 0 spiro atoms. The maximum atomic E-state index is 10.2. The highest BCUT2D eigenvalue weighted by Gasteiger charge is 1.94. The summed E-state index contributed by atoms with van der Waals surface area (Å²) in [7, 11) is 3.24. The van der Waals surface area contributed by atoms with Crippen LogP contribution in [-0.4, -0.2) is 31.2 Å². The van der Waals surface area contributed by atoms with Crippen LogP contribution in [-0.2, 0) is 4.79 Å². The maximum Gasteiger partial charge on any atom is 0.213 e. The number of carbonyl (C=O) groups excluding carboxylic acids is 1. The summed E-state index contributed by atoms with van der Waals surface area (Å²) in [4.78, 5) is 15.3. The van der Waals surface area contributed by atoms with E-state index in [9.17, 15) is 4.79 Å². The fourth-order valence-electron chi connectivity index (χ4n) is 0.578. The molecule has 0 aliphatic heterocycles. The average Bonchev–Trinajstić information content (AvgIpc) is 2.02. The highest BCUT2D eigenvalue weighted by molar-refractivity contribution is 5.96. The standard InChI is InChI=1S/C7H13N3O/c1-6(7(8)9-2)4-10(3)5-11/h4-5H,1-3H3,(H2,8,9)/b6-4-. The molecule has 4 heteroatoms. The predicted octanol–water partition coefficient (Wildman–Crippen LogP) is -0.0346. The quantitative estimate of drug-likeness (QED) is 0.353. The fourth-order valence-corrected chi connectivity index (χ4v) is 0.578. The predicted molar refractivity (Wildman–Crippen MR) is 45.1 cm³/mol. The molecule has 0 fully saturated rings. The minimum atomic E-state index is 0.443. The molecule has 62 valence electrons. The van der Waals surface area contributed by atoms with Gasteiger partial charge in [-0.3, -0.25) is 9.79 Å². The molecule has 0 radical (unpaired) electrons. The van der Waals surface area contributed by atoms with Gasteiger partial charge in [0.05, 0.1) is 0 Å². The van der Waals surface area contributed by atoms with Crippen LogP contribution >= 0.6 is 0 Å². The molecular formula is C7H13N3O. The van der Waals surface area contributed by atoms with Gasteiger partial charge in [-0.2, -0.15) is 0 Å². The SMILES string of the molecule is CN=C(N)/C(C)=C\N(C)C=O. The molecule has 0 saturated heterocycles. The van der Waals surface area contributed by atoms with Crippen molar-refractivity contribution < 1.29 is 4.79 Å². The average molecular weight is 155 g/mol. The Kier molecular flexibility index (Phi) is 3.95. The molecule has 0 aliphatic carbocycles. The van der Waals surface area contributed by atoms with Crippen molar-refractivity contribution in [3.63, 3.8) is 0 Å². The van der Waals surface area contributed by atoms with Crippen LogP contribution in [0, 0.1) is 0 Å². The van der Waals surface area contributed by atoms with Crippen LogP contribution in [0.3, 0.4) is 0 Å². The van der Waals surface area contributed by atoms with Crippen molar-refractivity contribution in [3.8, 4) is 0 Å². The summed E-state index contributed by atoms with van der Waals surface area (Å²) in [5.74, 6) is 0.443. The Labute approximate surface area is 66.4 Å². The van der Waals surface area contributed by atoms with Gasteiger partial charge in [-0.25, -0.2) is 0 Å². The van der Waals surface area contributed by atoms with Crippen molar-refractivity contribution in [2.45, 2.75) is 6.92 Å². The van der Waals surface area contributed by atoms with Crippen LogP contribution in [0.15, 0.2) is 16.8 Å². The van der Waals surface area contributed by atoms with Gasteiger partial charge in [0.25, 0.3) is 0 Å². The highest BCUT2D eigenvalue weighted by atomic mass is 16.1. The molecule has 0 aromatic heterocycles. The zero-order valence-corrected chi connectivity index (χ0v) is 7.03. The van der Waals surface area contributed by atoms with Crippen LogP contribution in [0.25, 0.3) is 0 Å². The molecule has 0 aromatic rings. The van der Waals surface area contributed by atoms with Gasteiger partial charge in [-0.05, 0) is 6.92 Å². The first-order valence-electron chi connectivity index (χ1n) is 3.20. The molecule has 4 nitrogen and oxygen atoms in total. The monoisotopic (exact) mass is 155 g/mol. The van der Waals surface area contributed by atoms with Gasteiger partial charge in [0.2, 0.25) is 6.41 Å². The number of amides is 1. The second kappa shape index (κ2) is 4.49. The van der Waals surface area contributed by atoms with Gasteiger partial charge in [0.1, 0.15) is 5.84 Å². The first-order chi connectivity index (χ1) is 5.11. The van der Waals surface area contributed by atoms with Gasteiger partial charge in [-0.1, -0.05) is 0 Å². The Bertz CT molecular complexity index is 196. The normalized spacial score (nSPS) is 13.0. The Morgan fingerprint density at radius 3 is 2.55 bits per heavy atom. The Hall–Kier alpha value is -1.32. The molecule has 0 bridgehead atoms. The lowest BCUT2D eigenvalue weighted by molar-refractivity contribution is -0.115. The zero-order chi connectivity index (χ0) is 8.85. The first-order valence-corrected chi connectivity index (χ1v) is 3.20. The van der Waals surface area contributed by atoms with E-state index in [4.69, 9.17) is 5.73 Å². The van der Waals surface area contributed by atoms with Gasteiger partial charge >= 0.3 is 0 Å². The molecule has 0 rings (SSSR count). The zero-order valence-electron chi connectivity index (χ0n) is 7.03. The van der Waals surface area contributed by atoms with E-state index in [1.54, 1.807) is 27.2 Å². The molecule has 0 saturated carbocycles. The third kappa shape index (κ3) is 3.40. The lowest BCUT2D eigenvalue weighted by Crippen LogP contribution is -2.16. The van der Waals surface area contributed by atoms with Crippen molar-refractivity contribution in [1.29, 1.82) is 0 Å². The fraction of sp³-hybridized carbons (Fsp3) is 0.429. The summed E-state index contributed by atoms with van der Waals surface area (Å²) in [5.41, 5.74) is 6.24. The van der Waals surface area contributed by atoms with E-state index >= 15 is 0 Å². The highest BCUT2D eigenvalue weighted by Crippen LogP contribution is 1.92. The Morgan fingerprint density at radius 1 is 1.64 bits per heavy atom. The van der Waals surface area contributed by atoms with E-state index in [1.165, 1.54) is 4.90 Å². The number of carbonyl (C=O) groups is 1. The summed E-state index contributed by atoms with van der Waals surface area (Å²) in [5, 5.41) is 0. The molecule has 11 heavy (non-hydrogen) atoms. The van der Waals surface area contributed by atoms with Crippen molar-refractivity contribution in [3.05, 3.63) is 11.8 Å². The third-order valence-corrected chi connectivity index (χ3v) is 1.21. The summed E-state index contributed by atoms with van der Waals surface area (Å²) >= 11 is 0. The lowest BCUT2D eigenvalue weighted by Gasteiger charge is -2.05. The van der Waals surface area contributed by atoms with Gasteiger partial charge in [0, 0.05) is 25.9 Å². The summed E-state index contributed by atoms with van der Waals surface area (Å²) in [6.45, 7) is 1.79. The number of rotatable bonds is 3. The summed E-state index contributed by atoms with van der Waals surface area (Å²) in [6, 6.07) is 0. The second-order valence-electron chi connectivity index (χ2n) is 2.19. The van der Waals surface area contributed by atoms with Crippen LogP contribution in [0.1, 0.15) is 6.92 Å². The van der Waals surface area contributed by atoms with Gasteiger partial charge in [-0.15, -0.1) is 0 Å². The van der Waals surface area contributed by atoms with Crippen molar-refractivity contribution in [2.24, 2.45) is 10.7 Å². The molecule has 2 N–H and O–H groups in total. The van der Waals surface area contributed by atoms with Crippen molar-refractivity contribution in [1.82, 2.24) is 4.90 Å². The maximum absolute atomic E-state index is 10.2. The molecular weight excluding hydrogens is 142 g/mol. The van der Waals surface area contributed by atoms with Crippen LogP contribution in [0.4, 0.5) is 0 Å². The largest absolute Gasteiger partial charge is 0.384 e. The van der Waals surface area contributed by atoms with Crippen molar-refractivity contribution >= 4 is 12.2 Å². The molecule has 0 aromatic carbocycles. The number of nitrogens with two attached hydrogens (primary N) is 1. The Morgan fingerprint density at radius 2 is 2.18 bits per heavy atom. The van der Waals surface area contributed by atoms with Gasteiger partial charge < -0.3 is 10.6 Å². The van der Waals surface area contributed by atoms with Crippen LogP contribution < -0.4 is 5.73 Å². The minimum Gasteiger partial charge on any atom is -0.384 e. The smallest absolute Gasteiger partial charge is 0.213 e. The van der Waals surface area contributed by atoms with E-state index in [0.717, 1.165) is 5.57 Å². The van der Waals surface area contributed by atoms with Crippen LogP contribution in [0.2, 0.25) is 0 Å². The lowest BCUT2D eigenvalue weighted by atomic mass is 10.3. The first kappa shape index (κ1) is 9.68. The number of amidine groups is 1. The summed E-state index contributed by atoms with van der Waals surface area (Å²) in [6.07, 6.45) is 2.32. The number of hydrogen-bond acceptors (Lipinski definition) is 2. The number of nitrogens with zero attached hydrogens (tertiary/aromatic N) is 2. The second-order valence-corrected chi connectivity index (χ2v) is 2.19. The van der Waals surface area contributed by atoms with E-state index in [0.29, 0.717) is 12.2 Å². The molecule has 0 atom stereocenters. The molecule has 1 amide bonds. The van der Waals surface area contributed by atoms with Gasteiger partial charge in [0.15, 0.2) is 0 Å². The van der Waals surface area contributed by atoms with E-state index in [-0.39, 0.29) is 0 Å². The van der Waals surface area contributed by atoms with E-state index < -0.39 is 0 Å². The Balaban J connectivity index is 4.33. The molecule has 0 aliphatic rings.